The second-order valence-corrected chi connectivity index (χ2v) is 1.66. The summed E-state index contributed by atoms with van der Waals surface area (Å²) < 4.78 is 0. The number of carbonyl (C=O) groups is 1. The Balaban J connectivity index is 0. The quantitative estimate of drug-likeness (QED) is 0.400. The summed E-state index contributed by atoms with van der Waals surface area (Å²) in [6, 6.07) is 0. The van der Waals surface area contributed by atoms with Crippen molar-refractivity contribution in [1.82, 2.24) is 0 Å². The average Bonchev–Trinajstić information content (AvgIpc) is 1.69. The van der Waals surface area contributed by atoms with E-state index in [1.807, 2.05) is 0 Å². The maximum Gasteiger partial charge on any atom is 0.119 e. The largest absolute Gasteiger partial charge is 0.412 e. The summed E-state index contributed by atoms with van der Waals surface area (Å²) in [5, 5.41) is 0. The van der Waals surface area contributed by atoms with E-state index < -0.39 is 0 Å². The predicted octanol–water partition coefficient (Wildman–Crippen LogP) is 0.941. The molecule has 8 heavy (non-hydrogen) atoms. The van der Waals surface area contributed by atoms with E-state index in [-0.39, 0.29) is 5.48 Å². The molecule has 0 rings (SSSR count). The molecule has 0 heterocycles. The molecule has 2 heteroatoms. The third kappa shape index (κ3) is 9.16. The van der Waals surface area contributed by atoms with Crippen LogP contribution in [0.3, 0.4) is 0 Å². The van der Waals surface area contributed by atoms with E-state index in [0.717, 1.165) is 19.1 Å². The molecule has 0 aliphatic carbocycles. The van der Waals surface area contributed by atoms with Gasteiger partial charge in [-0.2, -0.15) is 0 Å². The van der Waals surface area contributed by atoms with Gasteiger partial charge in [0.05, 0.1) is 0 Å². The molecule has 2 nitrogen and oxygen atoms in total. The van der Waals surface area contributed by atoms with Crippen LogP contribution in [0.15, 0.2) is 0 Å². The summed E-state index contributed by atoms with van der Waals surface area (Å²) in [4.78, 5) is 9.68. The van der Waals surface area contributed by atoms with Gasteiger partial charge in [-0.25, -0.2) is 0 Å². The van der Waals surface area contributed by atoms with Crippen LogP contribution in [0.2, 0.25) is 0 Å². The number of unbranched alkanes of at least 4 members (excludes halogenated alkanes) is 3. The Morgan fingerprint density at radius 3 is 2.38 bits per heavy atom. The van der Waals surface area contributed by atoms with Gasteiger partial charge >= 0.3 is 0 Å². The van der Waals surface area contributed by atoms with Crippen molar-refractivity contribution < 1.29 is 10.3 Å². The van der Waals surface area contributed by atoms with Crippen molar-refractivity contribution in [3.05, 3.63) is 0 Å². The third-order valence-electron chi connectivity index (χ3n) is 0.926. The molecular weight excluding hydrogens is 104 g/mol. The lowest BCUT2D eigenvalue weighted by molar-refractivity contribution is -0.107. The van der Waals surface area contributed by atoms with Crippen LogP contribution in [0.4, 0.5) is 0 Å². The fourth-order valence-electron chi connectivity index (χ4n) is 0.478. The van der Waals surface area contributed by atoms with Gasteiger partial charge in [0.15, 0.2) is 0 Å². The topological polar surface area (TPSA) is 48.6 Å². The summed E-state index contributed by atoms with van der Waals surface area (Å²) >= 11 is 0. The molecular formula is C6H14O2. The Bertz CT molecular complexity index is 43.8. The first-order chi connectivity index (χ1) is 3.41. The Kier molecular flexibility index (Phi) is 13.0. The van der Waals surface area contributed by atoms with Gasteiger partial charge in [0.1, 0.15) is 6.29 Å². The van der Waals surface area contributed by atoms with Crippen LogP contribution < -0.4 is 0 Å². The van der Waals surface area contributed by atoms with E-state index >= 15 is 0 Å². The van der Waals surface area contributed by atoms with Gasteiger partial charge in [-0.3, -0.25) is 0 Å². The number of rotatable bonds is 4. The molecule has 0 saturated heterocycles. The molecule has 0 aliphatic heterocycles. The monoisotopic (exact) mass is 118 g/mol. The lowest BCUT2D eigenvalue weighted by Crippen LogP contribution is -1.73. The van der Waals surface area contributed by atoms with Crippen molar-refractivity contribution in [2.45, 2.75) is 32.6 Å². The van der Waals surface area contributed by atoms with Gasteiger partial charge in [-0.05, 0) is 6.42 Å². The average molecular weight is 118 g/mol. The molecule has 0 amide bonds. The van der Waals surface area contributed by atoms with Gasteiger partial charge in [0.2, 0.25) is 0 Å². The van der Waals surface area contributed by atoms with E-state index in [0.29, 0.717) is 0 Å². The molecule has 0 aromatic carbocycles. The second kappa shape index (κ2) is 9.80. The standard InChI is InChI=1S/C6H12O.H2O/c1-2-3-4-5-6-7;/h6H,2-5H2,1H3;1H2. The minimum absolute atomic E-state index is 0. The van der Waals surface area contributed by atoms with E-state index in [4.69, 9.17) is 0 Å². The summed E-state index contributed by atoms with van der Waals surface area (Å²) in [5.41, 5.74) is 0. The highest BCUT2D eigenvalue weighted by atomic mass is 16.1. The fraction of sp³-hybridized carbons (Fsp3) is 0.833. The van der Waals surface area contributed by atoms with Gasteiger partial charge in [-0.15, -0.1) is 0 Å². The van der Waals surface area contributed by atoms with Crippen LogP contribution in [0.1, 0.15) is 32.6 Å². The number of carbonyl (C=O) groups excluding carboxylic acids is 1. The van der Waals surface area contributed by atoms with E-state index in [9.17, 15) is 4.79 Å². The third-order valence-corrected chi connectivity index (χ3v) is 0.926. The van der Waals surface area contributed by atoms with Crippen LogP contribution in [-0.2, 0) is 4.79 Å². The smallest absolute Gasteiger partial charge is 0.119 e. The fourth-order valence-corrected chi connectivity index (χ4v) is 0.478. The Morgan fingerprint density at radius 1 is 1.38 bits per heavy atom. The SMILES string of the molecule is CCCCCC=O.O. The summed E-state index contributed by atoms with van der Waals surface area (Å²) in [7, 11) is 0. The minimum Gasteiger partial charge on any atom is -0.412 e. The zero-order chi connectivity index (χ0) is 5.54. The van der Waals surface area contributed by atoms with Crippen LogP contribution in [0.25, 0.3) is 0 Å². The molecule has 2 N–H and O–H groups in total. The van der Waals surface area contributed by atoms with Crippen LogP contribution >= 0.6 is 0 Å². The normalized spacial score (nSPS) is 7.62. The van der Waals surface area contributed by atoms with Gasteiger partial charge in [0, 0.05) is 6.42 Å². The number of aldehydes is 1. The first-order valence-corrected chi connectivity index (χ1v) is 2.85. The number of hydrogen-bond acceptors (Lipinski definition) is 1. The van der Waals surface area contributed by atoms with Crippen molar-refractivity contribution in [3.63, 3.8) is 0 Å². The summed E-state index contributed by atoms with van der Waals surface area (Å²) in [5.74, 6) is 0. The van der Waals surface area contributed by atoms with Crippen molar-refractivity contribution in [1.29, 1.82) is 0 Å². The molecule has 0 saturated carbocycles. The summed E-state index contributed by atoms with van der Waals surface area (Å²) in [6.07, 6.45) is 5.19. The first-order valence-electron chi connectivity index (χ1n) is 2.85. The Labute approximate surface area is 50.2 Å². The molecule has 50 valence electrons. The van der Waals surface area contributed by atoms with Crippen LogP contribution in [0.5, 0.6) is 0 Å². The highest BCUT2D eigenvalue weighted by Crippen LogP contribution is 1.94. The highest BCUT2D eigenvalue weighted by Gasteiger charge is 1.80. The highest BCUT2D eigenvalue weighted by molar-refractivity contribution is 5.48. The Hall–Kier alpha value is -0.370. The molecule has 0 fully saturated rings. The summed E-state index contributed by atoms with van der Waals surface area (Å²) in [6.45, 7) is 2.13. The minimum atomic E-state index is 0. The van der Waals surface area contributed by atoms with Crippen molar-refractivity contribution in [2.24, 2.45) is 0 Å². The zero-order valence-corrected chi connectivity index (χ0v) is 5.31. The maximum absolute atomic E-state index is 9.68. The second-order valence-electron chi connectivity index (χ2n) is 1.66. The van der Waals surface area contributed by atoms with Crippen LogP contribution in [0, 0.1) is 0 Å². The molecule has 0 aliphatic rings. The van der Waals surface area contributed by atoms with E-state index in [1.165, 1.54) is 12.8 Å². The van der Waals surface area contributed by atoms with Gasteiger partial charge in [-0.1, -0.05) is 19.8 Å². The zero-order valence-electron chi connectivity index (χ0n) is 5.31. The van der Waals surface area contributed by atoms with E-state index in [1.54, 1.807) is 0 Å². The maximum atomic E-state index is 9.68. The number of hydrogen-bond donors (Lipinski definition) is 0. The molecule has 0 radical (unpaired) electrons. The Morgan fingerprint density at radius 2 is 2.00 bits per heavy atom. The van der Waals surface area contributed by atoms with Gasteiger partial charge < -0.3 is 10.3 Å². The molecule has 0 aromatic rings. The first kappa shape index (κ1) is 10.6. The lowest BCUT2D eigenvalue weighted by atomic mass is 10.2. The molecule has 0 unspecified atom stereocenters. The molecule has 0 spiro atoms. The van der Waals surface area contributed by atoms with Crippen molar-refractivity contribution in [3.8, 4) is 0 Å². The predicted molar refractivity (Wildman–Crippen MR) is 33.8 cm³/mol. The molecule has 0 aromatic heterocycles. The van der Waals surface area contributed by atoms with E-state index in [2.05, 4.69) is 6.92 Å². The van der Waals surface area contributed by atoms with Crippen molar-refractivity contribution in [2.75, 3.05) is 0 Å². The van der Waals surface area contributed by atoms with Crippen LogP contribution in [-0.4, -0.2) is 11.8 Å². The molecule has 0 atom stereocenters. The van der Waals surface area contributed by atoms with Crippen molar-refractivity contribution >= 4 is 6.29 Å². The molecule has 0 bridgehead atoms. The lowest BCUT2D eigenvalue weighted by Gasteiger charge is -1.85. The van der Waals surface area contributed by atoms with Gasteiger partial charge in [0.25, 0.3) is 0 Å².